The van der Waals surface area contributed by atoms with E-state index >= 15 is 0 Å². The fourth-order valence-electron chi connectivity index (χ4n) is 3.06. The van der Waals surface area contributed by atoms with Crippen LogP contribution in [0.2, 0.25) is 0 Å². The van der Waals surface area contributed by atoms with E-state index in [-0.39, 0.29) is 17.9 Å². The fourth-order valence-corrected chi connectivity index (χ4v) is 3.06. The van der Waals surface area contributed by atoms with Crippen molar-refractivity contribution < 1.29 is 14.7 Å². The summed E-state index contributed by atoms with van der Waals surface area (Å²) in [7, 11) is 0. The molecule has 0 aromatic heterocycles. The third-order valence-corrected chi connectivity index (χ3v) is 4.66. The second-order valence-corrected chi connectivity index (χ2v) is 6.30. The molecule has 108 valence electrons. The van der Waals surface area contributed by atoms with Crippen LogP contribution in [0, 0.1) is 11.3 Å². The Balaban J connectivity index is 2.00. The van der Waals surface area contributed by atoms with Crippen molar-refractivity contribution in [3.05, 3.63) is 0 Å². The first kappa shape index (κ1) is 14.3. The van der Waals surface area contributed by atoms with Crippen molar-refractivity contribution in [1.82, 2.24) is 10.2 Å². The SMILES string of the molecule is CC(C)(C(=O)O)C1CCCN(C(=O)[C@@H]2CCCN2)C1. The molecule has 5 nitrogen and oxygen atoms in total. The highest BCUT2D eigenvalue weighted by Gasteiger charge is 2.41. The highest BCUT2D eigenvalue weighted by Crippen LogP contribution is 2.34. The van der Waals surface area contributed by atoms with Crippen LogP contribution >= 0.6 is 0 Å². The molecule has 2 aliphatic heterocycles. The van der Waals surface area contributed by atoms with Gasteiger partial charge in [0.15, 0.2) is 0 Å². The predicted molar refractivity (Wildman–Crippen MR) is 71.7 cm³/mol. The molecule has 0 aromatic rings. The lowest BCUT2D eigenvalue weighted by molar-refractivity contribution is -0.153. The van der Waals surface area contributed by atoms with Gasteiger partial charge in [-0.2, -0.15) is 0 Å². The molecule has 2 aliphatic rings. The van der Waals surface area contributed by atoms with E-state index in [1.54, 1.807) is 13.8 Å². The van der Waals surface area contributed by atoms with E-state index in [2.05, 4.69) is 5.32 Å². The molecule has 0 aliphatic carbocycles. The number of amides is 1. The van der Waals surface area contributed by atoms with Gasteiger partial charge in [0.1, 0.15) is 0 Å². The van der Waals surface area contributed by atoms with Gasteiger partial charge in [0.05, 0.1) is 11.5 Å². The second kappa shape index (κ2) is 5.49. The summed E-state index contributed by atoms with van der Waals surface area (Å²) in [6.07, 6.45) is 3.75. The number of likely N-dealkylation sites (tertiary alicyclic amines) is 1. The van der Waals surface area contributed by atoms with Crippen LogP contribution in [0.25, 0.3) is 0 Å². The summed E-state index contributed by atoms with van der Waals surface area (Å²) >= 11 is 0. The molecule has 2 atom stereocenters. The van der Waals surface area contributed by atoms with E-state index in [4.69, 9.17) is 0 Å². The molecule has 0 radical (unpaired) electrons. The van der Waals surface area contributed by atoms with E-state index in [0.717, 1.165) is 38.8 Å². The summed E-state index contributed by atoms with van der Waals surface area (Å²) in [5.74, 6) is -0.571. The third-order valence-electron chi connectivity index (χ3n) is 4.66. The van der Waals surface area contributed by atoms with Crippen LogP contribution in [-0.4, -0.2) is 47.6 Å². The van der Waals surface area contributed by atoms with E-state index in [1.165, 1.54) is 0 Å². The highest BCUT2D eigenvalue weighted by atomic mass is 16.4. The molecule has 0 spiro atoms. The molecule has 0 bridgehead atoms. The zero-order valence-corrected chi connectivity index (χ0v) is 11.8. The molecule has 2 rings (SSSR count). The molecule has 2 fully saturated rings. The molecule has 0 saturated carbocycles. The monoisotopic (exact) mass is 268 g/mol. The number of carbonyl (C=O) groups is 2. The van der Waals surface area contributed by atoms with Crippen molar-refractivity contribution in [3.63, 3.8) is 0 Å². The van der Waals surface area contributed by atoms with Crippen LogP contribution in [-0.2, 0) is 9.59 Å². The summed E-state index contributed by atoms with van der Waals surface area (Å²) < 4.78 is 0. The summed E-state index contributed by atoms with van der Waals surface area (Å²) in [6, 6.07) is -0.0494. The number of carboxylic acids is 1. The summed E-state index contributed by atoms with van der Waals surface area (Å²) in [4.78, 5) is 25.6. The highest BCUT2D eigenvalue weighted by molar-refractivity contribution is 5.82. The molecule has 1 amide bonds. The zero-order valence-electron chi connectivity index (χ0n) is 11.8. The summed E-state index contributed by atoms with van der Waals surface area (Å²) in [6.45, 7) is 5.79. The Kier molecular flexibility index (Phi) is 4.13. The Hall–Kier alpha value is -1.10. The van der Waals surface area contributed by atoms with Crippen molar-refractivity contribution in [2.75, 3.05) is 19.6 Å². The van der Waals surface area contributed by atoms with Gasteiger partial charge in [-0.1, -0.05) is 0 Å². The largest absolute Gasteiger partial charge is 0.481 e. The number of carboxylic acid groups (broad SMARTS) is 1. The van der Waals surface area contributed by atoms with Gasteiger partial charge in [0, 0.05) is 13.1 Å². The molecular formula is C14H24N2O3. The van der Waals surface area contributed by atoms with Crippen molar-refractivity contribution in [2.45, 2.75) is 45.6 Å². The quantitative estimate of drug-likeness (QED) is 0.804. The number of piperidine rings is 1. The predicted octanol–water partition coefficient (Wildman–Crippen LogP) is 1.09. The Morgan fingerprint density at radius 1 is 1.26 bits per heavy atom. The van der Waals surface area contributed by atoms with Gasteiger partial charge in [-0.25, -0.2) is 0 Å². The van der Waals surface area contributed by atoms with E-state index in [0.29, 0.717) is 6.54 Å². The lowest BCUT2D eigenvalue weighted by atomic mass is 9.74. The molecule has 19 heavy (non-hydrogen) atoms. The second-order valence-electron chi connectivity index (χ2n) is 6.30. The molecule has 2 N–H and O–H groups in total. The fraction of sp³-hybridized carbons (Fsp3) is 0.857. The van der Waals surface area contributed by atoms with E-state index < -0.39 is 11.4 Å². The van der Waals surface area contributed by atoms with Crippen molar-refractivity contribution in [1.29, 1.82) is 0 Å². The van der Waals surface area contributed by atoms with Gasteiger partial charge in [-0.15, -0.1) is 0 Å². The minimum Gasteiger partial charge on any atom is -0.481 e. The molecule has 0 aromatic carbocycles. The van der Waals surface area contributed by atoms with Crippen LogP contribution < -0.4 is 5.32 Å². The molecule has 5 heteroatoms. The van der Waals surface area contributed by atoms with Crippen LogP contribution in [0.1, 0.15) is 39.5 Å². The Labute approximate surface area is 114 Å². The Bertz CT molecular complexity index is 362. The van der Waals surface area contributed by atoms with E-state index in [9.17, 15) is 14.7 Å². The molecule has 1 unspecified atom stereocenters. The number of aliphatic carboxylic acids is 1. The number of hydrogen-bond donors (Lipinski definition) is 2. The lowest BCUT2D eigenvalue weighted by Crippen LogP contribution is -2.51. The number of rotatable bonds is 3. The number of nitrogens with one attached hydrogen (secondary N) is 1. The van der Waals surface area contributed by atoms with Gasteiger partial charge < -0.3 is 15.3 Å². The van der Waals surface area contributed by atoms with Crippen LogP contribution in [0.15, 0.2) is 0 Å². The lowest BCUT2D eigenvalue weighted by Gasteiger charge is -2.40. The maximum Gasteiger partial charge on any atom is 0.309 e. The Morgan fingerprint density at radius 3 is 2.58 bits per heavy atom. The average Bonchev–Trinajstić information content (AvgIpc) is 2.91. The number of hydrogen-bond acceptors (Lipinski definition) is 3. The van der Waals surface area contributed by atoms with Crippen molar-refractivity contribution in [3.8, 4) is 0 Å². The third kappa shape index (κ3) is 2.91. The maximum absolute atomic E-state index is 12.4. The van der Waals surface area contributed by atoms with Gasteiger partial charge in [-0.3, -0.25) is 9.59 Å². The van der Waals surface area contributed by atoms with Gasteiger partial charge in [0.2, 0.25) is 5.91 Å². The first-order chi connectivity index (χ1) is 8.93. The normalized spacial score (nSPS) is 28.4. The summed E-state index contributed by atoms with van der Waals surface area (Å²) in [5, 5.41) is 12.5. The van der Waals surface area contributed by atoms with Gasteiger partial charge in [0.25, 0.3) is 0 Å². The van der Waals surface area contributed by atoms with Gasteiger partial charge in [-0.05, 0) is 52.0 Å². The van der Waals surface area contributed by atoms with Crippen LogP contribution in [0.5, 0.6) is 0 Å². The first-order valence-corrected chi connectivity index (χ1v) is 7.18. The van der Waals surface area contributed by atoms with Crippen molar-refractivity contribution >= 4 is 11.9 Å². The number of carbonyl (C=O) groups excluding carboxylic acids is 1. The molecule has 2 heterocycles. The summed E-state index contributed by atoms with van der Waals surface area (Å²) in [5.41, 5.74) is -0.762. The minimum absolute atomic E-state index is 0.0455. The van der Waals surface area contributed by atoms with Crippen LogP contribution in [0.4, 0.5) is 0 Å². The average molecular weight is 268 g/mol. The topological polar surface area (TPSA) is 69.6 Å². The van der Waals surface area contributed by atoms with E-state index in [1.807, 2.05) is 4.90 Å². The number of nitrogens with zero attached hydrogens (tertiary/aromatic N) is 1. The standard InChI is InChI=1S/C14H24N2O3/c1-14(2,13(18)19)10-5-4-8-16(9-10)12(17)11-6-3-7-15-11/h10-11,15H,3-9H2,1-2H3,(H,18,19)/t10?,11-/m0/s1. The molecular weight excluding hydrogens is 244 g/mol. The first-order valence-electron chi connectivity index (χ1n) is 7.18. The van der Waals surface area contributed by atoms with Gasteiger partial charge >= 0.3 is 5.97 Å². The maximum atomic E-state index is 12.4. The van der Waals surface area contributed by atoms with Crippen LogP contribution in [0.3, 0.4) is 0 Å². The minimum atomic E-state index is -0.772. The zero-order chi connectivity index (χ0) is 14.0. The van der Waals surface area contributed by atoms with Crippen molar-refractivity contribution in [2.24, 2.45) is 11.3 Å². The smallest absolute Gasteiger partial charge is 0.309 e. The Morgan fingerprint density at radius 2 is 2.00 bits per heavy atom. The molecule has 2 saturated heterocycles.